The maximum absolute atomic E-state index is 12.6. The number of nitrogens with zero attached hydrogens (tertiary/aromatic N) is 1. The first-order valence-electron chi connectivity index (χ1n) is 10.1. The predicted molar refractivity (Wildman–Crippen MR) is 111 cm³/mol. The van der Waals surface area contributed by atoms with Crippen molar-refractivity contribution in [1.29, 1.82) is 0 Å². The molecule has 0 bridgehead atoms. The van der Waals surface area contributed by atoms with Crippen LogP contribution in [0.4, 0.5) is 0 Å². The second-order valence-electron chi connectivity index (χ2n) is 7.21. The van der Waals surface area contributed by atoms with E-state index in [4.69, 9.17) is 9.47 Å². The molecule has 1 unspecified atom stereocenters. The Morgan fingerprint density at radius 3 is 2.43 bits per heavy atom. The highest BCUT2D eigenvalue weighted by atomic mass is 16.5. The summed E-state index contributed by atoms with van der Waals surface area (Å²) in [5, 5.41) is 3.01. The van der Waals surface area contributed by atoms with E-state index in [0.29, 0.717) is 18.7 Å². The average molecular weight is 383 g/mol. The molecule has 0 aliphatic carbocycles. The first-order valence-corrected chi connectivity index (χ1v) is 10.1. The van der Waals surface area contributed by atoms with Crippen LogP contribution in [0.15, 0.2) is 48.5 Å². The normalized spacial score (nSPS) is 15.2. The quantitative estimate of drug-likeness (QED) is 0.717. The van der Waals surface area contributed by atoms with Crippen LogP contribution in [-0.4, -0.2) is 37.1 Å². The van der Waals surface area contributed by atoms with Gasteiger partial charge in [0, 0.05) is 13.1 Å². The summed E-state index contributed by atoms with van der Waals surface area (Å²) in [6, 6.07) is 15.7. The number of carbonyl (C=O) groups excluding carboxylic acids is 1. The molecular formula is C23H30N2O3. The molecule has 1 heterocycles. The van der Waals surface area contributed by atoms with E-state index in [9.17, 15) is 4.79 Å². The van der Waals surface area contributed by atoms with Crippen LogP contribution in [-0.2, 0) is 17.9 Å². The van der Waals surface area contributed by atoms with Crippen molar-refractivity contribution >= 4 is 5.91 Å². The van der Waals surface area contributed by atoms with Gasteiger partial charge in [-0.05, 0) is 67.7 Å². The lowest BCUT2D eigenvalue weighted by Crippen LogP contribution is -2.37. The Balaban J connectivity index is 1.52. The third kappa shape index (κ3) is 5.73. The van der Waals surface area contributed by atoms with Gasteiger partial charge in [-0.1, -0.05) is 31.2 Å². The van der Waals surface area contributed by atoms with Crippen molar-refractivity contribution in [3.05, 3.63) is 59.7 Å². The summed E-state index contributed by atoms with van der Waals surface area (Å²) in [5.41, 5.74) is 2.42. The predicted octanol–water partition coefficient (Wildman–Crippen LogP) is 3.76. The van der Waals surface area contributed by atoms with E-state index in [0.717, 1.165) is 17.9 Å². The molecule has 150 valence electrons. The molecule has 1 N–H and O–H groups in total. The van der Waals surface area contributed by atoms with Crippen LogP contribution in [0.5, 0.6) is 11.5 Å². The number of rotatable bonds is 9. The van der Waals surface area contributed by atoms with Gasteiger partial charge in [0.1, 0.15) is 11.5 Å². The molecule has 0 aromatic heterocycles. The van der Waals surface area contributed by atoms with Crippen LogP contribution >= 0.6 is 0 Å². The molecule has 5 heteroatoms. The van der Waals surface area contributed by atoms with Gasteiger partial charge in [-0.2, -0.15) is 0 Å². The summed E-state index contributed by atoms with van der Waals surface area (Å²) in [7, 11) is 1.62. The Morgan fingerprint density at radius 1 is 1.07 bits per heavy atom. The zero-order chi connectivity index (χ0) is 19.8. The summed E-state index contributed by atoms with van der Waals surface area (Å²) in [6.07, 6.45) is 2.68. The molecule has 5 nitrogen and oxygen atoms in total. The monoisotopic (exact) mass is 382 g/mol. The number of likely N-dealkylation sites (tertiary alicyclic amines) is 1. The van der Waals surface area contributed by atoms with Gasteiger partial charge >= 0.3 is 0 Å². The van der Waals surface area contributed by atoms with Gasteiger partial charge in [-0.3, -0.25) is 9.69 Å². The fraction of sp³-hybridized carbons (Fsp3) is 0.435. The van der Waals surface area contributed by atoms with Gasteiger partial charge in [0.25, 0.3) is 5.91 Å². The molecule has 2 aromatic carbocycles. The van der Waals surface area contributed by atoms with Crippen LogP contribution < -0.4 is 14.8 Å². The number of nitrogens with one attached hydrogen (secondary N) is 1. The van der Waals surface area contributed by atoms with Gasteiger partial charge < -0.3 is 14.8 Å². The third-order valence-electron chi connectivity index (χ3n) is 5.06. The average Bonchev–Trinajstić information content (AvgIpc) is 3.24. The van der Waals surface area contributed by atoms with Gasteiger partial charge in [-0.25, -0.2) is 0 Å². The minimum absolute atomic E-state index is 0.0942. The molecule has 1 aliphatic heterocycles. The van der Waals surface area contributed by atoms with Crippen LogP contribution in [0.3, 0.4) is 0 Å². The van der Waals surface area contributed by atoms with Crippen molar-refractivity contribution in [3.63, 3.8) is 0 Å². The first-order chi connectivity index (χ1) is 13.7. The van der Waals surface area contributed by atoms with E-state index in [-0.39, 0.29) is 5.91 Å². The Morgan fingerprint density at radius 2 is 1.75 bits per heavy atom. The van der Waals surface area contributed by atoms with E-state index in [2.05, 4.69) is 34.5 Å². The highest BCUT2D eigenvalue weighted by Crippen LogP contribution is 2.19. The van der Waals surface area contributed by atoms with Gasteiger partial charge in [0.2, 0.25) is 0 Å². The minimum atomic E-state index is -0.513. The van der Waals surface area contributed by atoms with Crippen molar-refractivity contribution in [2.45, 2.75) is 45.4 Å². The maximum atomic E-state index is 12.6. The highest BCUT2D eigenvalue weighted by Gasteiger charge is 2.18. The molecule has 3 rings (SSSR count). The molecule has 1 fully saturated rings. The van der Waals surface area contributed by atoms with Crippen LogP contribution in [0.1, 0.15) is 37.3 Å². The molecule has 1 atom stereocenters. The zero-order valence-electron chi connectivity index (χ0n) is 16.8. The minimum Gasteiger partial charge on any atom is -0.497 e. The fourth-order valence-electron chi connectivity index (χ4n) is 3.48. The zero-order valence-corrected chi connectivity index (χ0v) is 16.8. The van der Waals surface area contributed by atoms with Gasteiger partial charge in [0.15, 0.2) is 6.10 Å². The Labute approximate surface area is 167 Å². The smallest absolute Gasteiger partial charge is 0.261 e. The SMILES string of the molecule is CCC(Oc1ccc(OC)cc1)C(=O)NCc1cccc(CN2CCCC2)c1. The topological polar surface area (TPSA) is 50.8 Å². The standard InChI is InChI=1S/C23H30N2O3/c1-3-22(28-21-11-9-20(27-2)10-12-21)23(26)24-16-18-7-6-8-19(15-18)17-25-13-4-5-14-25/h6-12,15,22H,3-5,13-14,16-17H2,1-2H3,(H,24,26). The van der Waals surface area contributed by atoms with Gasteiger partial charge in [-0.15, -0.1) is 0 Å². The fourth-order valence-corrected chi connectivity index (χ4v) is 3.48. The lowest BCUT2D eigenvalue weighted by Gasteiger charge is -2.18. The number of hydrogen-bond donors (Lipinski definition) is 1. The summed E-state index contributed by atoms with van der Waals surface area (Å²) in [4.78, 5) is 15.0. The number of methoxy groups -OCH3 is 1. The Bertz CT molecular complexity index is 755. The van der Waals surface area contributed by atoms with E-state index in [1.54, 1.807) is 7.11 Å². The molecule has 0 spiro atoms. The van der Waals surface area contributed by atoms with E-state index < -0.39 is 6.10 Å². The Kier molecular flexibility index (Phi) is 7.31. The first kappa shape index (κ1) is 20.2. The molecule has 1 aliphatic rings. The maximum Gasteiger partial charge on any atom is 0.261 e. The van der Waals surface area contributed by atoms with Crippen molar-refractivity contribution < 1.29 is 14.3 Å². The van der Waals surface area contributed by atoms with Crippen LogP contribution in [0.2, 0.25) is 0 Å². The molecule has 2 aromatic rings. The molecule has 0 saturated carbocycles. The highest BCUT2D eigenvalue weighted by molar-refractivity contribution is 5.81. The van der Waals surface area contributed by atoms with Crippen molar-refractivity contribution in [1.82, 2.24) is 10.2 Å². The molecular weight excluding hydrogens is 352 g/mol. The summed E-state index contributed by atoms with van der Waals surface area (Å²) >= 11 is 0. The summed E-state index contributed by atoms with van der Waals surface area (Å²) in [5.74, 6) is 1.33. The van der Waals surface area contributed by atoms with Crippen molar-refractivity contribution in [2.24, 2.45) is 0 Å². The second kappa shape index (κ2) is 10.1. The molecule has 28 heavy (non-hydrogen) atoms. The van der Waals surface area contributed by atoms with Gasteiger partial charge in [0.05, 0.1) is 7.11 Å². The van der Waals surface area contributed by atoms with Crippen molar-refractivity contribution in [2.75, 3.05) is 20.2 Å². The summed E-state index contributed by atoms with van der Waals surface area (Å²) < 4.78 is 11.0. The van der Waals surface area contributed by atoms with E-state index in [1.165, 1.54) is 31.5 Å². The number of hydrogen-bond acceptors (Lipinski definition) is 4. The third-order valence-corrected chi connectivity index (χ3v) is 5.06. The van der Waals surface area contributed by atoms with Crippen molar-refractivity contribution in [3.8, 4) is 11.5 Å². The van der Waals surface area contributed by atoms with Crippen LogP contribution in [0.25, 0.3) is 0 Å². The largest absolute Gasteiger partial charge is 0.497 e. The lowest BCUT2D eigenvalue weighted by atomic mass is 10.1. The summed E-state index contributed by atoms with van der Waals surface area (Å²) in [6.45, 7) is 5.81. The lowest BCUT2D eigenvalue weighted by molar-refractivity contribution is -0.128. The van der Waals surface area contributed by atoms with E-state index in [1.807, 2.05) is 31.2 Å². The Hall–Kier alpha value is -2.53. The number of benzene rings is 2. The van der Waals surface area contributed by atoms with Crippen LogP contribution in [0, 0.1) is 0 Å². The molecule has 1 saturated heterocycles. The molecule has 1 amide bonds. The number of amides is 1. The van der Waals surface area contributed by atoms with E-state index >= 15 is 0 Å². The number of carbonyl (C=O) groups is 1. The number of ether oxygens (including phenoxy) is 2. The second-order valence-corrected chi connectivity index (χ2v) is 7.21. The molecule has 0 radical (unpaired) electrons.